The number of hydrogen-bond donors (Lipinski definition) is 1. The number of hydrogen-bond acceptors (Lipinski definition) is 5. The van der Waals surface area contributed by atoms with Gasteiger partial charge in [-0.3, -0.25) is 4.79 Å². The van der Waals surface area contributed by atoms with E-state index in [0.717, 1.165) is 5.69 Å². The molecule has 0 atom stereocenters. The van der Waals surface area contributed by atoms with E-state index in [1.165, 1.54) is 6.92 Å². The van der Waals surface area contributed by atoms with Crippen molar-refractivity contribution >= 4 is 17.2 Å². The third-order valence-corrected chi connectivity index (χ3v) is 2.84. The van der Waals surface area contributed by atoms with Crippen molar-refractivity contribution in [2.75, 3.05) is 37.4 Å². The van der Waals surface area contributed by atoms with E-state index in [2.05, 4.69) is 6.07 Å². The second kappa shape index (κ2) is 7.39. The largest absolute Gasteiger partial charge is 0.398 e. The Morgan fingerprint density at radius 3 is 2.74 bits per heavy atom. The summed E-state index contributed by atoms with van der Waals surface area (Å²) in [5.41, 5.74) is 7.76. The number of nitrogens with zero attached hydrogens (tertiary/aromatic N) is 2. The highest BCUT2D eigenvalue weighted by atomic mass is 16.5. The Balaban J connectivity index is 2.92. The fourth-order valence-corrected chi connectivity index (χ4v) is 1.82. The number of carbonyl (C=O) groups is 1. The van der Waals surface area contributed by atoms with Crippen LogP contribution in [0.25, 0.3) is 0 Å². The first-order valence-corrected chi connectivity index (χ1v) is 6.11. The summed E-state index contributed by atoms with van der Waals surface area (Å²) in [6.45, 7) is 3.35. The molecule has 0 saturated heterocycles. The first-order valence-electron chi connectivity index (χ1n) is 6.11. The van der Waals surface area contributed by atoms with Gasteiger partial charge in [0.2, 0.25) is 0 Å². The summed E-state index contributed by atoms with van der Waals surface area (Å²) in [5.74, 6) is -0.0514. The number of anilines is 2. The third kappa shape index (κ3) is 4.27. The number of Topliss-reactive ketones (excluding diaryl/α,β-unsaturated/α-hetero) is 1. The number of rotatable bonds is 7. The Hall–Kier alpha value is -2.06. The van der Waals surface area contributed by atoms with E-state index in [1.54, 1.807) is 19.2 Å². The van der Waals surface area contributed by atoms with Crippen LogP contribution in [0.1, 0.15) is 23.7 Å². The summed E-state index contributed by atoms with van der Waals surface area (Å²) in [5, 5.41) is 8.68. The minimum absolute atomic E-state index is 0.0514. The minimum Gasteiger partial charge on any atom is -0.398 e. The SMILES string of the molecule is COCCN(CCC#N)c1ccc(C(C)=O)c(N)c1. The van der Waals surface area contributed by atoms with E-state index in [0.29, 0.717) is 37.4 Å². The summed E-state index contributed by atoms with van der Waals surface area (Å²) in [6, 6.07) is 7.46. The van der Waals surface area contributed by atoms with Crippen molar-refractivity contribution in [1.82, 2.24) is 0 Å². The van der Waals surface area contributed by atoms with E-state index in [4.69, 9.17) is 15.7 Å². The summed E-state index contributed by atoms with van der Waals surface area (Å²) in [6.07, 6.45) is 0.429. The number of nitriles is 1. The zero-order chi connectivity index (χ0) is 14.3. The molecule has 0 aliphatic carbocycles. The number of nitrogen functional groups attached to an aromatic ring is 1. The summed E-state index contributed by atoms with van der Waals surface area (Å²) in [4.78, 5) is 13.4. The molecule has 1 rings (SSSR count). The normalized spacial score (nSPS) is 9.95. The molecule has 2 N–H and O–H groups in total. The molecule has 1 aromatic carbocycles. The molecule has 0 fully saturated rings. The lowest BCUT2D eigenvalue weighted by Crippen LogP contribution is -2.28. The molecule has 19 heavy (non-hydrogen) atoms. The molecule has 0 saturated carbocycles. The second-order valence-electron chi connectivity index (χ2n) is 4.22. The molecule has 0 aliphatic rings. The number of ketones is 1. The lowest BCUT2D eigenvalue weighted by atomic mass is 10.1. The van der Waals surface area contributed by atoms with Crippen LogP contribution in [0.4, 0.5) is 11.4 Å². The maximum absolute atomic E-state index is 11.3. The van der Waals surface area contributed by atoms with Gasteiger partial charge in [-0.05, 0) is 25.1 Å². The van der Waals surface area contributed by atoms with Gasteiger partial charge in [-0.25, -0.2) is 0 Å². The van der Waals surface area contributed by atoms with Gasteiger partial charge in [0.25, 0.3) is 0 Å². The van der Waals surface area contributed by atoms with Crippen molar-refractivity contribution in [3.8, 4) is 6.07 Å². The van der Waals surface area contributed by atoms with Crippen molar-refractivity contribution in [3.63, 3.8) is 0 Å². The van der Waals surface area contributed by atoms with Gasteiger partial charge in [0.05, 0.1) is 19.1 Å². The maximum atomic E-state index is 11.3. The first kappa shape index (κ1) is 15.0. The van der Waals surface area contributed by atoms with Crippen LogP contribution < -0.4 is 10.6 Å². The van der Waals surface area contributed by atoms with Crippen molar-refractivity contribution in [3.05, 3.63) is 23.8 Å². The van der Waals surface area contributed by atoms with E-state index in [-0.39, 0.29) is 5.78 Å². The van der Waals surface area contributed by atoms with Crippen LogP contribution in [0.3, 0.4) is 0 Å². The number of nitrogens with two attached hydrogens (primary N) is 1. The Morgan fingerprint density at radius 2 is 2.21 bits per heavy atom. The van der Waals surface area contributed by atoms with Crippen LogP contribution in [0.2, 0.25) is 0 Å². The first-order chi connectivity index (χ1) is 9.10. The van der Waals surface area contributed by atoms with Gasteiger partial charge in [-0.15, -0.1) is 0 Å². The molecule has 0 radical (unpaired) electrons. The van der Waals surface area contributed by atoms with Gasteiger partial charge < -0.3 is 15.4 Å². The standard InChI is InChI=1S/C14H19N3O2/c1-11(18)13-5-4-12(10-14(13)16)17(7-3-6-15)8-9-19-2/h4-5,10H,3,7-9,16H2,1-2H3. The second-order valence-corrected chi connectivity index (χ2v) is 4.22. The van der Waals surface area contributed by atoms with E-state index < -0.39 is 0 Å². The van der Waals surface area contributed by atoms with Gasteiger partial charge in [0.1, 0.15) is 0 Å². The average molecular weight is 261 g/mol. The molecule has 0 amide bonds. The maximum Gasteiger partial charge on any atom is 0.161 e. The third-order valence-electron chi connectivity index (χ3n) is 2.84. The Morgan fingerprint density at radius 1 is 1.47 bits per heavy atom. The van der Waals surface area contributed by atoms with Crippen LogP contribution in [-0.4, -0.2) is 32.6 Å². The van der Waals surface area contributed by atoms with Crippen LogP contribution >= 0.6 is 0 Å². The van der Waals surface area contributed by atoms with E-state index in [9.17, 15) is 4.79 Å². The topological polar surface area (TPSA) is 79.3 Å². The highest BCUT2D eigenvalue weighted by Crippen LogP contribution is 2.22. The molecule has 0 aromatic heterocycles. The zero-order valence-electron chi connectivity index (χ0n) is 11.3. The predicted molar refractivity (Wildman–Crippen MR) is 75.2 cm³/mol. The Labute approximate surface area is 113 Å². The number of ether oxygens (including phenoxy) is 1. The van der Waals surface area contributed by atoms with Crippen molar-refractivity contribution in [2.45, 2.75) is 13.3 Å². The molecule has 0 spiro atoms. The minimum atomic E-state index is -0.0514. The van der Waals surface area contributed by atoms with Gasteiger partial charge >= 0.3 is 0 Å². The van der Waals surface area contributed by atoms with Gasteiger partial charge in [-0.1, -0.05) is 0 Å². The fourth-order valence-electron chi connectivity index (χ4n) is 1.82. The monoisotopic (exact) mass is 261 g/mol. The number of methoxy groups -OCH3 is 1. The molecule has 0 bridgehead atoms. The highest BCUT2D eigenvalue weighted by Gasteiger charge is 2.10. The zero-order valence-corrected chi connectivity index (χ0v) is 11.3. The van der Waals surface area contributed by atoms with Crippen LogP contribution in [0, 0.1) is 11.3 Å². The van der Waals surface area contributed by atoms with Crippen molar-refractivity contribution in [2.24, 2.45) is 0 Å². The van der Waals surface area contributed by atoms with Gasteiger partial charge in [0, 0.05) is 37.1 Å². The molecule has 1 aromatic rings. The predicted octanol–water partition coefficient (Wildman–Crippen LogP) is 1.84. The van der Waals surface area contributed by atoms with Gasteiger partial charge in [0.15, 0.2) is 5.78 Å². The highest BCUT2D eigenvalue weighted by molar-refractivity contribution is 5.99. The number of carbonyl (C=O) groups excluding carboxylic acids is 1. The van der Waals surface area contributed by atoms with Gasteiger partial charge in [-0.2, -0.15) is 5.26 Å². The van der Waals surface area contributed by atoms with Crippen molar-refractivity contribution < 1.29 is 9.53 Å². The van der Waals surface area contributed by atoms with Crippen LogP contribution in [0.5, 0.6) is 0 Å². The Kier molecular flexibility index (Phi) is 5.83. The molecule has 0 aliphatic heterocycles. The van der Waals surface area contributed by atoms with Crippen LogP contribution in [-0.2, 0) is 4.74 Å². The molecule has 0 unspecified atom stereocenters. The molecule has 5 nitrogen and oxygen atoms in total. The lowest BCUT2D eigenvalue weighted by molar-refractivity contribution is 0.101. The van der Waals surface area contributed by atoms with E-state index >= 15 is 0 Å². The molecular formula is C14H19N3O2. The summed E-state index contributed by atoms with van der Waals surface area (Å²) < 4.78 is 5.06. The van der Waals surface area contributed by atoms with E-state index in [1.807, 2.05) is 11.0 Å². The fraction of sp³-hybridized carbons (Fsp3) is 0.429. The lowest BCUT2D eigenvalue weighted by Gasteiger charge is -2.24. The van der Waals surface area contributed by atoms with Crippen molar-refractivity contribution in [1.29, 1.82) is 5.26 Å². The smallest absolute Gasteiger partial charge is 0.161 e. The van der Waals surface area contributed by atoms with Crippen LogP contribution in [0.15, 0.2) is 18.2 Å². The molecular weight excluding hydrogens is 242 g/mol. The molecule has 5 heteroatoms. The summed E-state index contributed by atoms with van der Waals surface area (Å²) in [7, 11) is 1.63. The number of benzene rings is 1. The summed E-state index contributed by atoms with van der Waals surface area (Å²) >= 11 is 0. The Bertz CT molecular complexity index is 480. The molecule has 102 valence electrons. The quantitative estimate of drug-likeness (QED) is 0.598. The molecule has 0 heterocycles. The average Bonchev–Trinajstić information content (AvgIpc) is 2.38.